The predicted molar refractivity (Wildman–Crippen MR) is 110 cm³/mol. The van der Waals surface area contributed by atoms with Gasteiger partial charge >= 0.3 is 12.1 Å². The minimum absolute atomic E-state index is 0.183. The van der Waals surface area contributed by atoms with Crippen molar-refractivity contribution in [2.24, 2.45) is 0 Å². The van der Waals surface area contributed by atoms with Gasteiger partial charge in [-0.25, -0.2) is 23.4 Å². The SMILES string of the molecule is COC(=O)Nc1nc2cc(CCNC(=O)Nc3c(C)c(F)c(F)c(F)c3OC)ccc2[nH]1. The van der Waals surface area contributed by atoms with Gasteiger partial charge in [-0.05, 0) is 31.0 Å². The van der Waals surface area contributed by atoms with Crippen molar-refractivity contribution in [3.05, 3.63) is 46.8 Å². The van der Waals surface area contributed by atoms with Gasteiger partial charge in [-0.3, -0.25) is 5.32 Å². The average molecular weight is 451 g/mol. The number of aromatic nitrogens is 2. The highest BCUT2D eigenvalue weighted by Crippen LogP contribution is 2.35. The molecule has 0 radical (unpaired) electrons. The average Bonchev–Trinajstić information content (AvgIpc) is 3.17. The van der Waals surface area contributed by atoms with Crippen LogP contribution in [-0.4, -0.2) is 42.9 Å². The monoisotopic (exact) mass is 451 g/mol. The van der Waals surface area contributed by atoms with Crippen LogP contribution in [0.3, 0.4) is 0 Å². The number of nitrogens with zero attached hydrogens (tertiary/aromatic N) is 1. The van der Waals surface area contributed by atoms with E-state index < -0.39 is 35.3 Å². The van der Waals surface area contributed by atoms with Crippen LogP contribution in [0.2, 0.25) is 0 Å². The van der Waals surface area contributed by atoms with Crippen LogP contribution in [0.15, 0.2) is 18.2 Å². The summed E-state index contributed by atoms with van der Waals surface area (Å²) >= 11 is 0. The summed E-state index contributed by atoms with van der Waals surface area (Å²) in [6, 6.07) is 4.59. The molecular weight excluding hydrogens is 431 g/mol. The van der Waals surface area contributed by atoms with Crippen molar-refractivity contribution in [2.45, 2.75) is 13.3 Å². The van der Waals surface area contributed by atoms with Crippen LogP contribution in [0, 0.1) is 24.4 Å². The van der Waals surface area contributed by atoms with Gasteiger partial charge in [0.1, 0.15) is 0 Å². The number of imidazole rings is 1. The van der Waals surface area contributed by atoms with Crippen LogP contribution in [0.1, 0.15) is 11.1 Å². The minimum Gasteiger partial charge on any atom is -0.491 e. The molecule has 12 heteroatoms. The number of carbonyl (C=O) groups is 2. The first-order valence-electron chi connectivity index (χ1n) is 9.34. The molecule has 3 aromatic rings. The van der Waals surface area contributed by atoms with Crippen LogP contribution in [0.4, 0.5) is 34.4 Å². The second-order valence-corrected chi connectivity index (χ2v) is 6.66. The molecule has 1 aromatic heterocycles. The van der Waals surface area contributed by atoms with Crippen LogP contribution < -0.4 is 20.7 Å². The van der Waals surface area contributed by atoms with Gasteiger partial charge in [0.25, 0.3) is 0 Å². The number of nitrogens with one attached hydrogen (secondary N) is 4. The smallest absolute Gasteiger partial charge is 0.413 e. The number of anilines is 2. The number of hydrogen-bond acceptors (Lipinski definition) is 5. The second-order valence-electron chi connectivity index (χ2n) is 6.66. The maximum absolute atomic E-state index is 13.9. The lowest BCUT2D eigenvalue weighted by Gasteiger charge is -2.15. The maximum Gasteiger partial charge on any atom is 0.413 e. The maximum atomic E-state index is 13.9. The van der Waals surface area contributed by atoms with Crippen molar-refractivity contribution in [1.29, 1.82) is 0 Å². The third kappa shape index (κ3) is 4.68. The summed E-state index contributed by atoms with van der Waals surface area (Å²) in [7, 11) is 2.31. The molecule has 0 saturated heterocycles. The fraction of sp³-hybridized carbons (Fsp3) is 0.250. The Morgan fingerprint density at radius 1 is 1.09 bits per heavy atom. The minimum atomic E-state index is -1.68. The second kappa shape index (κ2) is 9.45. The molecule has 2 aromatic carbocycles. The van der Waals surface area contributed by atoms with E-state index in [9.17, 15) is 22.8 Å². The standard InChI is InChI=1S/C20H20F3N5O4/c1-9-13(21)14(22)15(23)17(31-2)16(9)27-19(29)24-7-6-10-4-5-11-12(8-10)26-18(25-11)28-20(30)32-3/h4-5,8H,6-7H2,1-3H3,(H2,24,27,29)(H2,25,26,28,30). The van der Waals surface area contributed by atoms with E-state index in [-0.39, 0.29) is 23.7 Å². The van der Waals surface area contributed by atoms with Crippen molar-refractivity contribution in [3.63, 3.8) is 0 Å². The molecule has 0 fully saturated rings. The lowest BCUT2D eigenvalue weighted by molar-refractivity contribution is 0.186. The van der Waals surface area contributed by atoms with Crippen LogP contribution in [0.25, 0.3) is 11.0 Å². The van der Waals surface area contributed by atoms with E-state index in [0.717, 1.165) is 12.7 Å². The number of carbonyl (C=O) groups excluding carboxylic acids is 2. The molecule has 32 heavy (non-hydrogen) atoms. The van der Waals surface area contributed by atoms with Crippen molar-refractivity contribution < 1.29 is 32.2 Å². The number of fused-ring (bicyclic) bond motifs is 1. The van der Waals surface area contributed by atoms with E-state index in [2.05, 4.69) is 30.7 Å². The first kappa shape index (κ1) is 22.7. The van der Waals surface area contributed by atoms with E-state index >= 15 is 0 Å². The third-order valence-corrected chi connectivity index (χ3v) is 4.61. The Labute approximate surface area is 180 Å². The van der Waals surface area contributed by atoms with Gasteiger partial charge in [-0.1, -0.05) is 6.07 Å². The quantitative estimate of drug-likeness (QED) is 0.425. The fourth-order valence-electron chi connectivity index (χ4n) is 2.98. The van der Waals surface area contributed by atoms with E-state index in [1.807, 2.05) is 0 Å². The number of benzene rings is 2. The molecular formula is C20H20F3N5O4. The summed E-state index contributed by atoms with van der Waals surface area (Å²) in [5, 5.41) is 7.27. The Morgan fingerprint density at radius 2 is 1.84 bits per heavy atom. The van der Waals surface area contributed by atoms with E-state index in [1.54, 1.807) is 18.2 Å². The van der Waals surface area contributed by atoms with Gasteiger partial charge in [-0.15, -0.1) is 0 Å². The lowest BCUT2D eigenvalue weighted by Crippen LogP contribution is -2.31. The number of halogens is 3. The fourth-order valence-corrected chi connectivity index (χ4v) is 2.98. The molecule has 0 aliphatic carbocycles. The highest BCUT2D eigenvalue weighted by atomic mass is 19.2. The normalized spacial score (nSPS) is 10.7. The highest BCUT2D eigenvalue weighted by Gasteiger charge is 2.24. The van der Waals surface area contributed by atoms with Crippen molar-refractivity contribution >= 4 is 34.8 Å². The van der Waals surface area contributed by atoms with Gasteiger partial charge in [0.15, 0.2) is 17.4 Å². The van der Waals surface area contributed by atoms with Gasteiger partial charge in [-0.2, -0.15) is 4.39 Å². The van der Waals surface area contributed by atoms with Gasteiger partial charge in [0.05, 0.1) is 30.9 Å². The first-order chi connectivity index (χ1) is 15.2. The summed E-state index contributed by atoms with van der Waals surface area (Å²) in [5.74, 6) is -4.99. The largest absolute Gasteiger partial charge is 0.491 e. The zero-order chi connectivity index (χ0) is 23.4. The van der Waals surface area contributed by atoms with E-state index in [1.165, 1.54) is 14.0 Å². The molecule has 3 rings (SSSR count). The summed E-state index contributed by atoms with van der Waals surface area (Å²) in [6.07, 6.45) is -0.245. The van der Waals surface area contributed by atoms with Crippen LogP contribution in [-0.2, 0) is 11.2 Å². The lowest BCUT2D eigenvalue weighted by atomic mass is 10.1. The number of aromatic amines is 1. The summed E-state index contributed by atoms with van der Waals surface area (Å²) in [4.78, 5) is 30.6. The van der Waals surface area contributed by atoms with Crippen molar-refractivity contribution in [2.75, 3.05) is 31.4 Å². The zero-order valence-corrected chi connectivity index (χ0v) is 17.4. The highest BCUT2D eigenvalue weighted by molar-refractivity contribution is 5.92. The van der Waals surface area contributed by atoms with E-state index in [4.69, 9.17) is 4.74 Å². The number of urea groups is 1. The number of methoxy groups -OCH3 is 2. The Bertz CT molecular complexity index is 1180. The summed E-state index contributed by atoms with van der Waals surface area (Å²) < 4.78 is 50.6. The topological polar surface area (TPSA) is 117 Å². The number of amides is 3. The molecule has 0 saturated carbocycles. The molecule has 0 unspecified atom stereocenters. The number of hydrogen-bond donors (Lipinski definition) is 4. The number of ether oxygens (including phenoxy) is 2. The molecule has 0 aliphatic heterocycles. The Morgan fingerprint density at radius 3 is 2.53 bits per heavy atom. The van der Waals surface area contributed by atoms with Crippen molar-refractivity contribution in [3.8, 4) is 5.75 Å². The molecule has 4 N–H and O–H groups in total. The Hall–Kier alpha value is -3.96. The molecule has 9 nitrogen and oxygen atoms in total. The van der Waals surface area contributed by atoms with Gasteiger partial charge < -0.3 is 25.1 Å². The molecule has 0 bridgehead atoms. The molecule has 1 heterocycles. The Balaban J connectivity index is 1.63. The van der Waals surface area contributed by atoms with Gasteiger partial charge in [0.2, 0.25) is 11.8 Å². The number of H-pyrrole nitrogens is 1. The third-order valence-electron chi connectivity index (χ3n) is 4.61. The molecule has 0 aliphatic rings. The summed E-state index contributed by atoms with van der Waals surface area (Å²) in [6.45, 7) is 1.38. The van der Waals surface area contributed by atoms with Crippen LogP contribution >= 0.6 is 0 Å². The van der Waals surface area contributed by atoms with Crippen LogP contribution in [0.5, 0.6) is 5.75 Å². The molecule has 170 valence electrons. The Kier molecular flexibility index (Phi) is 6.71. The van der Waals surface area contributed by atoms with Gasteiger partial charge in [0, 0.05) is 12.1 Å². The van der Waals surface area contributed by atoms with Crippen molar-refractivity contribution in [1.82, 2.24) is 15.3 Å². The molecule has 0 atom stereocenters. The zero-order valence-electron chi connectivity index (χ0n) is 17.4. The van der Waals surface area contributed by atoms with E-state index in [0.29, 0.717) is 17.5 Å². The molecule has 0 spiro atoms. The number of rotatable bonds is 6. The summed E-state index contributed by atoms with van der Waals surface area (Å²) in [5.41, 5.74) is 1.52. The first-order valence-corrected chi connectivity index (χ1v) is 9.34. The molecule has 3 amide bonds. The predicted octanol–water partition coefficient (Wildman–Crippen LogP) is 3.84.